The Labute approximate surface area is 166 Å². The Bertz CT molecular complexity index is 850. The quantitative estimate of drug-likeness (QED) is 0.434. The van der Waals surface area contributed by atoms with Gasteiger partial charge in [0.2, 0.25) is 0 Å². The predicted octanol–water partition coefficient (Wildman–Crippen LogP) is 1.91. The van der Waals surface area contributed by atoms with Crippen molar-refractivity contribution in [1.29, 1.82) is 0 Å². The van der Waals surface area contributed by atoms with E-state index in [0.29, 0.717) is 6.54 Å². The Hall–Kier alpha value is -2.57. The molecule has 0 bridgehead atoms. The molecule has 7 nitrogen and oxygen atoms in total. The molecule has 1 aromatic heterocycles. The minimum atomic E-state index is 0.00168. The van der Waals surface area contributed by atoms with Crippen molar-refractivity contribution in [3.05, 3.63) is 52.2 Å². The van der Waals surface area contributed by atoms with Crippen LogP contribution in [0, 0.1) is 0 Å². The molecule has 2 heterocycles. The number of nitrogens with one attached hydrogen (secondary N) is 2. The Morgan fingerprint density at radius 1 is 1.21 bits per heavy atom. The molecular weight excluding hydrogens is 352 g/mol. The fourth-order valence-corrected chi connectivity index (χ4v) is 3.55. The number of aliphatic imine (C=N–C) groups is 1. The lowest BCUT2D eigenvalue weighted by Gasteiger charge is -2.26. The summed E-state index contributed by atoms with van der Waals surface area (Å²) in [5, 5.41) is 11.2. The molecule has 0 aliphatic carbocycles. The molecule has 0 saturated heterocycles. The summed E-state index contributed by atoms with van der Waals surface area (Å²) >= 11 is 0. The van der Waals surface area contributed by atoms with E-state index in [9.17, 15) is 4.79 Å². The first-order valence-corrected chi connectivity index (χ1v) is 10.2. The van der Waals surface area contributed by atoms with E-state index in [1.807, 2.05) is 10.6 Å². The van der Waals surface area contributed by atoms with E-state index >= 15 is 0 Å². The van der Waals surface area contributed by atoms with Crippen molar-refractivity contribution in [2.45, 2.75) is 58.0 Å². The van der Waals surface area contributed by atoms with Crippen LogP contribution in [0.4, 0.5) is 0 Å². The molecule has 7 heteroatoms. The molecule has 0 saturated carbocycles. The standard InChI is InChI=1S/C21H32N6O/c1-21(2,17-10-5-4-6-11-17)16-24-19(22-3)23-13-9-15-27-20(28)26-14-8-7-12-18(26)25-27/h4-6,10-11H,7-9,12-16H2,1-3H3,(H2,22,23,24). The molecule has 1 aromatic carbocycles. The van der Waals surface area contributed by atoms with Crippen molar-refractivity contribution in [2.75, 3.05) is 20.1 Å². The van der Waals surface area contributed by atoms with E-state index in [0.717, 1.165) is 57.1 Å². The van der Waals surface area contributed by atoms with Gasteiger partial charge in [-0.2, -0.15) is 5.10 Å². The lowest BCUT2D eigenvalue weighted by Crippen LogP contribution is -2.43. The van der Waals surface area contributed by atoms with Crippen LogP contribution < -0.4 is 16.3 Å². The van der Waals surface area contributed by atoms with Crippen molar-refractivity contribution >= 4 is 5.96 Å². The summed E-state index contributed by atoms with van der Waals surface area (Å²) in [5.41, 5.74) is 1.32. The highest BCUT2D eigenvalue weighted by Crippen LogP contribution is 2.21. The van der Waals surface area contributed by atoms with Gasteiger partial charge in [-0.15, -0.1) is 0 Å². The molecule has 0 unspecified atom stereocenters. The topological polar surface area (TPSA) is 76.2 Å². The first-order chi connectivity index (χ1) is 13.5. The van der Waals surface area contributed by atoms with Gasteiger partial charge in [-0.05, 0) is 24.8 Å². The van der Waals surface area contributed by atoms with Gasteiger partial charge in [0.25, 0.3) is 0 Å². The summed E-state index contributed by atoms with van der Waals surface area (Å²) in [5.74, 6) is 1.71. The van der Waals surface area contributed by atoms with Crippen molar-refractivity contribution in [1.82, 2.24) is 25.0 Å². The van der Waals surface area contributed by atoms with Gasteiger partial charge in [0.15, 0.2) is 5.96 Å². The van der Waals surface area contributed by atoms with Gasteiger partial charge in [0.05, 0.1) is 0 Å². The molecule has 0 fully saturated rings. The van der Waals surface area contributed by atoms with E-state index in [2.05, 4.69) is 58.8 Å². The Morgan fingerprint density at radius 3 is 2.71 bits per heavy atom. The lowest BCUT2D eigenvalue weighted by atomic mass is 9.85. The van der Waals surface area contributed by atoms with Crippen LogP contribution in [0.3, 0.4) is 0 Å². The largest absolute Gasteiger partial charge is 0.356 e. The number of rotatable bonds is 7. The third kappa shape index (κ3) is 4.82. The second-order valence-corrected chi connectivity index (χ2v) is 7.99. The van der Waals surface area contributed by atoms with Gasteiger partial charge < -0.3 is 10.6 Å². The van der Waals surface area contributed by atoms with E-state index < -0.39 is 0 Å². The molecule has 0 atom stereocenters. The molecule has 1 aliphatic heterocycles. The van der Waals surface area contributed by atoms with E-state index in [1.165, 1.54) is 5.56 Å². The zero-order valence-electron chi connectivity index (χ0n) is 17.2. The average Bonchev–Trinajstić information content (AvgIpc) is 3.04. The second kappa shape index (κ2) is 9.08. The van der Waals surface area contributed by atoms with Crippen LogP contribution in [0.1, 0.15) is 44.5 Å². The maximum atomic E-state index is 12.4. The monoisotopic (exact) mass is 384 g/mol. The van der Waals surface area contributed by atoms with Crippen molar-refractivity contribution < 1.29 is 0 Å². The Balaban J connectivity index is 1.45. The number of aromatic nitrogens is 3. The summed E-state index contributed by atoms with van der Waals surface area (Å²) in [6, 6.07) is 10.5. The number of benzene rings is 1. The molecule has 0 amide bonds. The second-order valence-electron chi connectivity index (χ2n) is 7.99. The number of fused-ring (bicyclic) bond motifs is 1. The van der Waals surface area contributed by atoms with Crippen LogP contribution in [0.25, 0.3) is 0 Å². The lowest BCUT2D eigenvalue weighted by molar-refractivity contribution is 0.503. The number of nitrogens with zero attached hydrogens (tertiary/aromatic N) is 4. The average molecular weight is 385 g/mol. The van der Waals surface area contributed by atoms with E-state index in [1.54, 1.807) is 11.7 Å². The zero-order chi connectivity index (χ0) is 20.0. The van der Waals surface area contributed by atoms with Crippen LogP contribution in [-0.2, 0) is 24.9 Å². The summed E-state index contributed by atoms with van der Waals surface area (Å²) in [6.45, 7) is 7.38. The van der Waals surface area contributed by atoms with Crippen LogP contribution in [0.2, 0.25) is 0 Å². The first-order valence-electron chi connectivity index (χ1n) is 10.2. The van der Waals surface area contributed by atoms with Crippen LogP contribution in [0.15, 0.2) is 40.1 Å². The number of hydrogen-bond donors (Lipinski definition) is 2. The molecule has 2 aromatic rings. The van der Waals surface area contributed by atoms with Gasteiger partial charge in [-0.25, -0.2) is 9.48 Å². The molecule has 2 N–H and O–H groups in total. The third-order valence-electron chi connectivity index (χ3n) is 5.35. The molecular formula is C21H32N6O. The predicted molar refractivity (Wildman–Crippen MR) is 113 cm³/mol. The van der Waals surface area contributed by atoms with Gasteiger partial charge >= 0.3 is 5.69 Å². The minimum Gasteiger partial charge on any atom is -0.356 e. The molecule has 0 spiro atoms. The molecule has 28 heavy (non-hydrogen) atoms. The van der Waals surface area contributed by atoms with Gasteiger partial charge in [-0.3, -0.25) is 9.56 Å². The van der Waals surface area contributed by atoms with Gasteiger partial charge in [0.1, 0.15) is 5.82 Å². The molecule has 3 rings (SSSR count). The van der Waals surface area contributed by atoms with Crippen molar-refractivity contribution in [3.8, 4) is 0 Å². The maximum absolute atomic E-state index is 12.4. The van der Waals surface area contributed by atoms with Gasteiger partial charge in [0, 0.05) is 45.1 Å². The van der Waals surface area contributed by atoms with E-state index in [4.69, 9.17) is 0 Å². The number of hydrogen-bond acceptors (Lipinski definition) is 3. The molecule has 0 radical (unpaired) electrons. The third-order valence-corrected chi connectivity index (χ3v) is 5.35. The Kier molecular flexibility index (Phi) is 6.54. The van der Waals surface area contributed by atoms with E-state index in [-0.39, 0.29) is 11.1 Å². The fourth-order valence-electron chi connectivity index (χ4n) is 3.55. The van der Waals surface area contributed by atoms with Crippen molar-refractivity contribution in [2.24, 2.45) is 4.99 Å². The van der Waals surface area contributed by atoms with Crippen molar-refractivity contribution in [3.63, 3.8) is 0 Å². The highest BCUT2D eigenvalue weighted by molar-refractivity contribution is 5.79. The highest BCUT2D eigenvalue weighted by Gasteiger charge is 2.20. The highest BCUT2D eigenvalue weighted by atomic mass is 16.2. The zero-order valence-corrected chi connectivity index (χ0v) is 17.2. The summed E-state index contributed by atoms with van der Waals surface area (Å²) < 4.78 is 3.43. The minimum absolute atomic E-state index is 0.00168. The van der Waals surface area contributed by atoms with Gasteiger partial charge in [-0.1, -0.05) is 44.2 Å². The normalized spacial score (nSPS) is 14.6. The summed E-state index contributed by atoms with van der Waals surface area (Å²) in [4.78, 5) is 16.7. The molecule has 1 aliphatic rings. The van der Waals surface area contributed by atoms with Crippen LogP contribution >= 0.6 is 0 Å². The Morgan fingerprint density at radius 2 is 2.00 bits per heavy atom. The number of guanidine groups is 1. The van der Waals surface area contributed by atoms with Crippen LogP contribution in [-0.4, -0.2) is 40.4 Å². The number of aryl methyl sites for hydroxylation is 2. The summed E-state index contributed by atoms with van der Waals surface area (Å²) in [7, 11) is 1.78. The smallest absolute Gasteiger partial charge is 0.345 e. The molecule has 152 valence electrons. The fraction of sp³-hybridized carbons (Fsp3) is 0.571. The summed E-state index contributed by atoms with van der Waals surface area (Å²) in [6.07, 6.45) is 3.92. The SMILES string of the molecule is CN=C(NCCCn1nc2n(c1=O)CCCC2)NCC(C)(C)c1ccccc1. The first kappa shape index (κ1) is 20.2. The maximum Gasteiger partial charge on any atom is 0.345 e. The van der Waals surface area contributed by atoms with Crippen LogP contribution in [0.5, 0.6) is 0 Å².